The number of carbonyl (C=O) groups excluding carboxylic acids is 2. The third-order valence-electron chi connectivity index (χ3n) is 4.04. The monoisotopic (exact) mass is 329 g/mol. The molecule has 1 atom stereocenters. The van der Waals surface area contributed by atoms with E-state index in [1.165, 1.54) is 6.42 Å². The predicted molar refractivity (Wildman–Crippen MR) is 79.2 cm³/mol. The molecule has 0 aromatic carbocycles. The SMILES string of the molecule is CC(OC(=O)OC1CCCCC1)[C](OC=O)OC1CCOCC1. The third kappa shape index (κ3) is 6.35. The normalized spacial score (nSPS) is 21.7. The zero-order valence-corrected chi connectivity index (χ0v) is 13.5. The molecule has 1 aliphatic carbocycles. The molecule has 131 valence electrons. The summed E-state index contributed by atoms with van der Waals surface area (Å²) in [5.41, 5.74) is 0. The highest BCUT2D eigenvalue weighted by Crippen LogP contribution is 2.23. The lowest BCUT2D eigenvalue weighted by Crippen LogP contribution is -2.33. The summed E-state index contributed by atoms with van der Waals surface area (Å²) < 4.78 is 26.2. The summed E-state index contributed by atoms with van der Waals surface area (Å²) in [6.45, 7) is 3.04. The van der Waals surface area contributed by atoms with Crippen molar-refractivity contribution in [3.05, 3.63) is 6.29 Å². The topological polar surface area (TPSA) is 80.3 Å². The fourth-order valence-electron chi connectivity index (χ4n) is 2.76. The summed E-state index contributed by atoms with van der Waals surface area (Å²) in [6, 6.07) is 0. The summed E-state index contributed by atoms with van der Waals surface area (Å²) >= 11 is 0. The maximum Gasteiger partial charge on any atom is 0.509 e. The van der Waals surface area contributed by atoms with Crippen LogP contribution in [0.4, 0.5) is 4.79 Å². The van der Waals surface area contributed by atoms with E-state index >= 15 is 0 Å². The van der Waals surface area contributed by atoms with E-state index in [1.54, 1.807) is 6.92 Å². The van der Waals surface area contributed by atoms with E-state index in [0.29, 0.717) is 26.1 Å². The molecule has 2 rings (SSSR count). The van der Waals surface area contributed by atoms with Gasteiger partial charge in [-0.3, -0.25) is 4.79 Å². The second kappa shape index (κ2) is 9.72. The number of hydrogen-bond acceptors (Lipinski definition) is 7. The molecule has 7 nitrogen and oxygen atoms in total. The van der Waals surface area contributed by atoms with Crippen molar-refractivity contribution in [1.82, 2.24) is 0 Å². The molecule has 2 aliphatic rings. The molecule has 1 aliphatic heterocycles. The van der Waals surface area contributed by atoms with Gasteiger partial charge < -0.3 is 23.7 Å². The molecule has 1 unspecified atom stereocenters. The lowest BCUT2D eigenvalue weighted by molar-refractivity contribution is -0.163. The van der Waals surface area contributed by atoms with E-state index in [2.05, 4.69) is 0 Å². The Morgan fingerprint density at radius 2 is 1.70 bits per heavy atom. The first-order chi connectivity index (χ1) is 11.2. The Labute approximate surface area is 136 Å². The first-order valence-electron chi connectivity index (χ1n) is 8.28. The molecule has 23 heavy (non-hydrogen) atoms. The van der Waals surface area contributed by atoms with Gasteiger partial charge in [-0.1, -0.05) is 6.42 Å². The van der Waals surface area contributed by atoms with Gasteiger partial charge in [0.15, 0.2) is 6.10 Å². The zero-order valence-electron chi connectivity index (χ0n) is 13.5. The Morgan fingerprint density at radius 1 is 1.04 bits per heavy atom. The van der Waals surface area contributed by atoms with E-state index < -0.39 is 12.3 Å². The second-order valence-corrected chi connectivity index (χ2v) is 5.85. The van der Waals surface area contributed by atoms with Crippen molar-refractivity contribution in [3.63, 3.8) is 0 Å². The third-order valence-corrected chi connectivity index (χ3v) is 4.04. The van der Waals surface area contributed by atoms with Crippen molar-refractivity contribution in [2.45, 2.75) is 70.2 Å². The Hall–Kier alpha value is -1.34. The van der Waals surface area contributed by atoms with Crippen LogP contribution >= 0.6 is 0 Å². The molecule has 1 radical (unpaired) electrons. The standard InChI is InChI=1S/C16H25O7/c1-12(21-16(18)23-13-5-3-2-4-6-13)15(20-11-17)22-14-7-9-19-10-8-14/h11-14H,2-10H2,1H3. The molecular formula is C16H25O7. The Balaban J connectivity index is 1.77. The van der Waals surface area contributed by atoms with E-state index in [0.717, 1.165) is 25.7 Å². The minimum Gasteiger partial charge on any atom is -0.431 e. The highest BCUT2D eigenvalue weighted by molar-refractivity contribution is 5.60. The number of carbonyl (C=O) groups is 2. The lowest BCUT2D eigenvalue weighted by Gasteiger charge is -2.28. The van der Waals surface area contributed by atoms with Crippen molar-refractivity contribution >= 4 is 12.6 Å². The number of hydrogen-bond donors (Lipinski definition) is 0. The van der Waals surface area contributed by atoms with Gasteiger partial charge in [0.25, 0.3) is 6.47 Å². The van der Waals surface area contributed by atoms with Gasteiger partial charge in [-0.2, -0.15) is 0 Å². The molecule has 0 spiro atoms. The van der Waals surface area contributed by atoms with Crippen LogP contribution in [0.2, 0.25) is 0 Å². The van der Waals surface area contributed by atoms with E-state index in [4.69, 9.17) is 23.7 Å². The summed E-state index contributed by atoms with van der Waals surface area (Å²) in [6.07, 6.45) is 4.63. The van der Waals surface area contributed by atoms with Crippen LogP contribution < -0.4 is 0 Å². The van der Waals surface area contributed by atoms with Gasteiger partial charge in [0.05, 0.1) is 6.10 Å². The average molecular weight is 329 g/mol. The largest absolute Gasteiger partial charge is 0.509 e. The molecule has 0 N–H and O–H groups in total. The average Bonchev–Trinajstić information content (AvgIpc) is 2.56. The Kier molecular flexibility index (Phi) is 7.61. The van der Waals surface area contributed by atoms with Gasteiger partial charge in [0.2, 0.25) is 0 Å². The van der Waals surface area contributed by atoms with E-state index in [1.807, 2.05) is 0 Å². The molecule has 1 heterocycles. The maximum absolute atomic E-state index is 11.8. The molecule has 1 saturated carbocycles. The zero-order chi connectivity index (χ0) is 16.5. The predicted octanol–water partition coefficient (Wildman–Crippen LogP) is 2.72. The number of rotatable bonds is 7. The van der Waals surface area contributed by atoms with Gasteiger partial charge in [0, 0.05) is 13.2 Å². The quantitative estimate of drug-likeness (QED) is 0.525. The van der Waals surface area contributed by atoms with Crippen molar-refractivity contribution < 1.29 is 33.3 Å². The summed E-state index contributed by atoms with van der Waals surface area (Å²) in [7, 11) is 0. The van der Waals surface area contributed by atoms with Gasteiger partial charge in [0.1, 0.15) is 6.10 Å². The molecule has 0 aromatic rings. The van der Waals surface area contributed by atoms with Crippen molar-refractivity contribution in [1.29, 1.82) is 0 Å². The summed E-state index contributed by atoms with van der Waals surface area (Å²) in [5, 5.41) is 0. The second-order valence-electron chi connectivity index (χ2n) is 5.85. The first kappa shape index (κ1) is 18.0. The van der Waals surface area contributed by atoms with Crippen molar-refractivity contribution in [2.24, 2.45) is 0 Å². The molecule has 0 amide bonds. The Morgan fingerprint density at radius 3 is 2.35 bits per heavy atom. The van der Waals surface area contributed by atoms with Gasteiger partial charge in [-0.05, 0) is 45.4 Å². The van der Waals surface area contributed by atoms with Crippen LogP contribution in [0.5, 0.6) is 0 Å². The maximum atomic E-state index is 11.8. The van der Waals surface area contributed by atoms with Crippen LogP contribution in [0, 0.1) is 6.29 Å². The van der Waals surface area contributed by atoms with Gasteiger partial charge >= 0.3 is 12.4 Å². The minimum atomic E-state index is -0.820. The minimum absolute atomic E-state index is 0.0208. The highest BCUT2D eigenvalue weighted by Gasteiger charge is 2.31. The van der Waals surface area contributed by atoms with Crippen LogP contribution in [0.3, 0.4) is 0 Å². The molecule has 7 heteroatoms. The first-order valence-corrected chi connectivity index (χ1v) is 8.28. The number of ether oxygens (including phenoxy) is 5. The van der Waals surface area contributed by atoms with E-state index in [9.17, 15) is 9.59 Å². The van der Waals surface area contributed by atoms with Crippen LogP contribution in [-0.4, -0.2) is 44.2 Å². The Bertz CT molecular complexity index is 361. The molecule has 0 aromatic heterocycles. The van der Waals surface area contributed by atoms with Gasteiger partial charge in [-0.15, -0.1) is 0 Å². The van der Waals surface area contributed by atoms with Crippen LogP contribution in [-0.2, 0) is 28.5 Å². The summed E-state index contributed by atoms with van der Waals surface area (Å²) in [4.78, 5) is 22.5. The molecule has 1 saturated heterocycles. The fraction of sp³-hybridized carbons (Fsp3) is 0.812. The van der Waals surface area contributed by atoms with Crippen molar-refractivity contribution in [3.8, 4) is 0 Å². The lowest BCUT2D eigenvalue weighted by atomic mass is 9.98. The highest BCUT2D eigenvalue weighted by atomic mass is 16.8. The molecular weight excluding hydrogens is 304 g/mol. The van der Waals surface area contributed by atoms with E-state index in [-0.39, 0.29) is 25.0 Å². The van der Waals surface area contributed by atoms with Crippen LogP contribution in [0.1, 0.15) is 51.9 Å². The van der Waals surface area contributed by atoms with Gasteiger partial charge in [-0.25, -0.2) is 4.79 Å². The van der Waals surface area contributed by atoms with Crippen molar-refractivity contribution in [2.75, 3.05) is 13.2 Å². The molecule has 0 bridgehead atoms. The molecule has 2 fully saturated rings. The summed E-state index contributed by atoms with van der Waals surface area (Å²) in [5.74, 6) is 0. The van der Waals surface area contributed by atoms with Crippen LogP contribution in [0.15, 0.2) is 0 Å². The smallest absolute Gasteiger partial charge is 0.431 e. The fourth-order valence-corrected chi connectivity index (χ4v) is 2.76. The van der Waals surface area contributed by atoms with Crippen LogP contribution in [0.25, 0.3) is 0 Å².